The quantitative estimate of drug-likeness (QED) is 0.947. The van der Waals surface area contributed by atoms with E-state index in [1.807, 2.05) is 18.5 Å². The van der Waals surface area contributed by atoms with Crippen molar-refractivity contribution < 1.29 is 4.39 Å². The second-order valence-electron chi connectivity index (χ2n) is 4.25. The van der Waals surface area contributed by atoms with Crippen molar-refractivity contribution in [2.24, 2.45) is 5.73 Å². The molecule has 3 nitrogen and oxygen atoms in total. The molecule has 96 valence electrons. The first-order valence-electron chi connectivity index (χ1n) is 5.69. The molecule has 0 aliphatic rings. The minimum absolute atomic E-state index is 0.242. The van der Waals surface area contributed by atoms with Crippen molar-refractivity contribution in [1.29, 1.82) is 0 Å². The maximum atomic E-state index is 13.2. The molecule has 5 heteroatoms. The van der Waals surface area contributed by atoms with Gasteiger partial charge in [-0.1, -0.05) is 15.9 Å². The second kappa shape index (κ2) is 5.20. The van der Waals surface area contributed by atoms with E-state index in [9.17, 15) is 4.39 Å². The standard InChI is InChI=1S/C13H15BrFN3/c1-8-12(6-16)9(2)18(17-8)7-10-5-11(15)3-4-13(10)14/h3-5H,6-7,16H2,1-2H3. The average molecular weight is 312 g/mol. The van der Waals surface area contributed by atoms with Crippen molar-refractivity contribution in [3.8, 4) is 0 Å². The molecular weight excluding hydrogens is 297 g/mol. The number of aromatic nitrogens is 2. The normalized spacial score (nSPS) is 10.9. The Kier molecular flexibility index (Phi) is 3.82. The summed E-state index contributed by atoms with van der Waals surface area (Å²) in [4.78, 5) is 0. The summed E-state index contributed by atoms with van der Waals surface area (Å²) in [5, 5.41) is 4.44. The molecule has 0 atom stereocenters. The molecule has 0 bridgehead atoms. The summed E-state index contributed by atoms with van der Waals surface area (Å²) in [6.07, 6.45) is 0. The van der Waals surface area contributed by atoms with Crippen LogP contribution >= 0.6 is 15.9 Å². The van der Waals surface area contributed by atoms with Crippen LogP contribution in [-0.4, -0.2) is 9.78 Å². The Bertz CT molecular complexity index is 578. The zero-order chi connectivity index (χ0) is 13.3. The number of hydrogen-bond acceptors (Lipinski definition) is 2. The highest BCUT2D eigenvalue weighted by molar-refractivity contribution is 9.10. The Balaban J connectivity index is 2.37. The van der Waals surface area contributed by atoms with Gasteiger partial charge in [0.1, 0.15) is 5.82 Å². The fourth-order valence-corrected chi connectivity index (χ4v) is 2.38. The molecule has 0 spiro atoms. The van der Waals surface area contributed by atoms with Crippen LogP contribution in [-0.2, 0) is 13.1 Å². The maximum absolute atomic E-state index is 13.2. The third kappa shape index (κ3) is 2.47. The lowest BCUT2D eigenvalue weighted by molar-refractivity contribution is 0.614. The Morgan fingerprint density at radius 3 is 2.72 bits per heavy atom. The second-order valence-corrected chi connectivity index (χ2v) is 5.10. The molecule has 0 aliphatic carbocycles. The molecule has 1 heterocycles. The highest BCUT2D eigenvalue weighted by Gasteiger charge is 2.11. The number of halogens is 2. The van der Waals surface area contributed by atoms with Crippen molar-refractivity contribution in [2.45, 2.75) is 26.9 Å². The first-order chi connectivity index (χ1) is 8.52. The summed E-state index contributed by atoms with van der Waals surface area (Å²) >= 11 is 3.42. The topological polar surface area (TPSA) is 43.8 Å². The molecule has 1 aromatic heterocycles. The van der Waals surface area contributed by atoms with Crippen LogP contribution < -0.4 is 5.73 Å². The van der Waals surface area contributed by atoms with Crippen LogP contribution in [0.25, 0.3) is 0 Å². The van der Waals surface area contributed by atoms with Crippen LogP contribution in [0.3, 0.4) is 0 Å². The minimum atomic E-state index is -0.242. The molecule has 0 amide bonds. The van der Waals surface area contributed by atoms with Gasteiger partial charge in [-0.25, -0.2) is 4.39 Å². The van der Waals surface area contributed by atoms with Gasteiger partial charge in [0.2, 0.25) is 0 Å². The van der Waals surface area contributed by atoms with Crippen LogP contribution in [0.5, 0.6) is 0 Å². The lowest BCUT2D eigenvalue weighted by Crippen LogP contribution is -2.06. The first kappa shape index (κ1) is 13.2. The number of aryl methyl sites for hydroxylation is 1. The molecule has 18 heavy (non-hydrogen) atoms. The lowest BCUT2D eigenvalue weighted by atomic mass is 10.2. The van der Waals surface area contributed by atoms with Gasteiger partial charge in [0.05, 0.1) is 12.2 Å². The third-order valence-electron chi connectivity index (χ3n) is 3.06. The van der Waals surface area contributed by atoms with E-state index in [0.717, 1.165) is 27.0 Å². The maximum Gasteiger partial charge on any atom is 0.123 e. The summed E-state index contributed by atoms with van der Waals surface area (Å²) < 4.78 is 16.0. The highest BCUT2D eigenvalue weighted by atomic mass is 79.9. The van der Waals surface area contributed by atoms with Crippen LogP contribution in [0.4, 0.5) is 4.39 Å². The molecule has 2 N–H and O–H groups in total. The number of rotatable bonds is 3. The lowest BCUT2D eigenvalue weighted by Gasteiger charge is -2.07. The number of benzene rings is 1. The number of hydrogen-bond donors (Lipinski definition) is 1. The predicted molar refractivity (Wildman–Crippen MR) is 72.8 cm³/mol. The molecule has 1 aromatic carbocycles. The van der Waals surface area contributed by atoms with Crippen LogP contribution in [0.15, 0.2) is 22.7 Å². The molecule has 2 rings (SSSR count). The molecule has 0 radical (unpaired) electrons. The van der Waals surface area contributed by atoms with Crippen molar-refractivity contribution >= 4 is 15.9 Å². The van der Waals surface area contributed by atoms with E-state index >= 15 is 0 Å². The smallest absolute Gasteiger partial charge is 0.123 e. The molecular formula is C13H15BrFN3. The first-order valence-corrected chi connectivity index (χ1v) is 6.49. The largest absolute Gasteiger partial charge is 0.326 e. The van der Waals surface area contributed by atoms with Crippen LogP contribution in [0, 0.1) is 19.7 Å². The molecule has 0 unspecified atom stereocenters. The van der Waals surface area contributed by atoms with Gasteiger partial charge >= 0.3 is 0 Å². The zero-order valence-electron chi connectivity index (χ0n) is 10.4. The van der Waals surface area contributed by atoms with Gasteiger partial charge in [0, 0.05) is 22.3 Å². The molecule has 0 aliphatic heterocycles. The van der Waals surface area contributed by atoms with Gasteiger partial charge < -0.3 is 5.73 Å². The van der Waals surface area contributed by atoms with Crippen LogP contribution in [0.1, 0.15) is 22.5 Å². The summed E-state index contributed by atoms with van der Waals surface area (Å²) in [7, 11) is 0. The van der Waals surface area contributed by atoms with Crippen molar-refractivity contribution in [3.05, 3.63) is 51.0 Å². The Morgan fingerprint density at radius 1 is 1.39 bits per heavy atom. The molecule has 0 saturated carbocycles. The Morgan fingerprint density at radius 2 is 2.11 bits per heavy atom. The van der Waals surface area contributed by atoms with E-state index < -0.39 is 0 Å². The predicted octanol–water partition coefficient (Wildman–Crippen LogP) is 2.91. The van der Waals surface area contributed by atoms with Gasteiger partial charge in [-0.15, -0.1) is 0 Å². The van der Waals surface area contributed by atoms with E-state index in [1.54, 1.807) is 6.07 Å². The number of nitrogens with two attached hydrogens (primary N) is 1. The van der Waals surface area contributed by atoms with Gasteiger partial charge in [-0.3, -0.25) is 4.68 Å². The SMILES string of the molecule is Cc1nn(Cc2cc(F)ccc2Br)c(C)c1CN. The highest BCUT2D eigenvalue weighted by Crippen LogP contribution is 2.20. The Labute approximate surface area is 114 Å². The molecule has 0 saturated heterocycles. The van der Waals surface area contributed by atoms with Crippen molar-refractivity contribution in [2.75, 3.05) is 0 Å². The van der Waals surface area contributed by atoms with Crippen molar-refractivity contribution in [1.82, 2.24) is 9.78 Å². The average Bonchev–Trinajstić information content (AvgIpc) is 2.59. The van der Waals surface area contributed by atoms with Gasteiger partial charge in [-0.2, -0.15) is 5.10 Å². The van der Waals surface area contributed by atoms with Gasteiger partial charge in [0.25, 0.3) is 0 Å². The van der Waals surface area contributed by atoms with E-state index in [0.29, 0.717) is 13.1 Å². The van der Waals surface area contributed by atoms with E-state index in [1.165, 1.54) is 12.1 Å². The molecule has 2 aromatic rings. The summed E-state index contributed by atoms with van der Waals surface area (Å²) in [5.74, 6) is -0.242. The third-order valence-corrected chi connectivity index (χ3v) is 3.84. The summed E-state index contributed by atoms with van der Waals surface area (Å²) in [6.45, 7) is 4.93. The zero-order valence-corrected chi connectivity index (χ0v) is 12.0. The van der Waals surface area contributed by atoms with E-state index in [2.05, 4.69) is 21.0 Å². The van der Waals surface area contributed by atoms with E-state index in [-0.39, 0.29) is 5.82 Å². The van der Waals surface area contributed by atoms with Crippen LogP contribution in [0.2, 0.25) is 0 Å². The van der Waals surface area contributed by atoms with Crippen molar-refractivity contribution in [3.63, 3.8) is 0 Å². The summed E-state index contributed by atoms with van der Waals surface area (Å²) in [5.41, 5.74) is 9.58. The monoisotopic (exact) mass is 311 g/mol. The molecule has 0 fully saturated rings. The Hall–Kier alpha value is -1.20. The number of nitrogens with zero attached hydrogens (tertiary/aromatic N) is 2. The van der Waals surface area contributed by atoms with E-state index in [4.69, 9.17) is 5.73 Å². The fourth-order valence-electron chi connectivity index (χ4n) is 2.01. The van der Waals surface area contributed by atoms with Gasteiger partial charge in [0.15, 0.2) is 0 Å². The minimum Gasteiger partial charge on any atom is -0.326 e. The fraction of sp³-hybridized carbons (Fsp3) is 0.308. The van der Waals surface area contributed by atoms with Gasteiger partial charge in [-0.05, 0) is 37.6 Å². The summed E-state index contributed by atoms with van der Waals surface area (Å²) in [6, 6.07) is 4.66.